The van der Waals surface area contributed by atoms with Crippen molar-refractivity contribution in [2.24, 2.45) is 0 Å². The predicted molar refractivity (Wildman–Crippen MR) is 59.9 cm³/mol. The van der Waals surface area contributed by atoms with Crippen molar-refractivity contribution in [3.8, 4) is 11.5 Å². The van der Waals surface area contributed by atoms with Crippen LogP contribution in [0.1, 0.15) is 0 Å². The summed E-state index contributed by atoms with van der Waals surface area (Å²) in [5, 5.41) is 11.0. The van der Waals surface area contributed by atoms with Gasteiger partial charge in [0.2, 0.25) is 5.75 Å². The second kappa shape index (κ2) is 4.77. The maximum absolute atomic E-state index is 10.8. The van der Waals surface area contributed by atoms with Crippen molar-refractivity contribution in [3.63, 3.8) is 0 Å². The second-order valence-corrected chi connectivity index (χ2v) is 3.89. The van der Waals surface area contributed by atoms with Gasteiger partial charge in [-0.3, -0.25) is 10.1 Å². The van der Waals surface area contributed by atoms with Crippen LogP contribution < -0.4 is 9.47 Å². The zero-order valence-electron chi connectivity index (χ0n) is 9.01. The van der Waals surface area contributed by atoms with Crippen LogP contribution in [0.25, 0.3) is 0 Å². The van der Waals surface area contributed by atoms with Crippen molar-refractivity contribution >= 4 is 17.3 Å². The average molecular weight is 260 g/mol. The highest BCUT2D eigenvalue weighted by Crippen LogP contribution is 2.37. The first kappa shape index (κ1) is 11.9. The van der Waals surface area contributed by atoms with E-state index in [1.807, 2.05) is 0 Å². The van der Waals surface area contributed by atoms with E-state index in [0.29, 0.717) is 12.4 Å². The minimum atomic E-state index is -0.547. The minimum absolute atomic E-state index is 0.0243. The summed E-state index contributed by atoms with van der Waals surface area (Å²) in [6.07, 6.45) is 0.0243. The van der Waals surface area contributed by atoms with Crippen LogP contribution in [0.3, 0.4) is 0 Å². The van der Waals surface area contributed by atoms with Crippen LogP contribution in [0, 0.1) is 10.1 Å². The van der Waals surface area contributed by atoms with Gasteiger partial charge in [0.05, 0.1) is 23.7 Å². The van der Waals surface area contributed by atoms with Crippen LogP contribution >= 0.6 is 11.6 Å². The van der Waals surface area contributed by atoms with Gasteiger partial charge in [0.1, 0.15) is 18.5 Å². The van der Waals surface area contributed by atoms with E-state index < -0.39 is 4.92 Å². The lowest BCUT2D eigenvalue weighted by Gasteiger charge is -2.08. The van der Waals surface area contributed by atoms with Gasteiger partial charge in [0.25, 0.3) is 0 Å². The van der Waals surface area contributed by atoms with Gasteiger partial charge in [-0.1, -0.05) is 11.6 Å². The number of nitrogens with zero attached hydrogens (tertiary/aromatic N) is 1. The van der Waals surface area contributed by atoms with Crippen molar-refractivity contribution in [2.75, 3.05) is 20.3 Å². The summed E-state index contributed by atoms with van der Waals surface area (Å²) in [6.45, 7) is 0.907. The molecule has 0 bridgehead atoms. The van der Waals surface area contributed by atoms with Crippen molar-refractivity contribution in [1.82, 2.24) is 0 Å². The molecule has 1 fully saturated rings. The molecule has 1 heterocycles. The van der Waals surface area contributed by atoms with Crippen molar-refractivity contribution < 1.29 is 19.1 Å². The molecule has 1 aromatic carbocycles. The Bertz CT molecular complexity index is 447. The lowest BCUT2D eigenvalue weighted by Crippen LogP contribution is -2.06. The maximum Gasteiger partial charge on any atom is 0.312 e. The lowest BCUT2D eigenvalue weighted by molar-refractivity contribution is -0.385. The summed E-state index contributed by atoms with van der Waals surface area (Å²) in [4.78, 5) is 10.3. The fourth-order valence-electron chi connectivity index (χ4n) is 1.29. The fraction of sp³-hybridized carbons (Fsp3) is 0.400. The van der Waals surface area contributed by atoms with Gasteiger partial charge >= 0.3 is 5.69 Å². The van der Waals surface area contributed by atoms with Crippen molar-refractivity contribution in [1.29, 1.82) is 0 Å². The van der Waals surface area contributed by atoms with Gasteiger partial charge in [-0.15, -0.1) is 0 Å². The third-order valence-electron chi connectivity index (χ3n) is 2.26. The largest absolute Gasteiger partial charge is 0.495 e. The Kier molecular flexibility index (Phi) is 3.35. The van der Waals surface area contributed by atoms with E-state index in [4.69, 9.17) is 25.8 Å². The Morgan fingerprint density at radius 1 is 1.59 bits per heavy atom. The predicted octanol–water partition coefficient (Wildman–Crippen LogP) is 2.03. The van der Waals surface area contributed by atoms with Gasteiger partial charge < -0.3 is 14.2 Å². The molecule has 0 aliphatic carbocycles. The second-order valence-electron chi connectivity index (χ2n) is 3.48. The number of halogens is 1. The lowest BCUT2D eigenvalue weighted by atomic mass is 10.2. The van der Waals surface area contributed by atoms with Gasteiger partial charge in [-0.05, 0) is 0 Å². The summed E-state index contributed by atoms with van der Waals surface area (Å²) in [5.74, 6) is 0.468. The molecule has 0 aromatic heterocycles. The first-order chi connectivity index (χ1) is 8.11. The van der Waals surface area contributed by atoms with Crippen LogP contribution in [0.2, 0.25) is 5.02 Å². The third kappa shape index (κ3) is 2.78. The molecule has 0 N–H and O–H groups in total. The van der Waals surface area contributed by atoms with Crippen LogP contribution in [0.5, 0.6) is 11.5 Å². The quantitative estimate of drug-likeness (QED) is 0.459. The standard InChI is InChI=1S/C10H10ClNO5/c1-15-9-3-10(17-5-6-4-16-6)8(12(13)14)2-7(9)11/h2-3,6H,4-5H2,1H3. The van der Waals surface area contributed by atoms with Gasteiger partial charge in [0, 0.05) is 12.1 Å². The van der Waals surface area contributed by atoms with Crippen LogP contribution in [-0.4, -0.2) is 31.4 Å². The van der Waals surface area contributed by atoms with E-state index in [1.54, 1.807) is 0 Å². The van der Waals surface area contributed by atoms with Gasteiger partial charge in [-0.2, -0.15) is 0 Å². The summed E-state index contributed by atoms with van der Waals surface area (Å²) in [5.41, 5.74) is -0.184. The van der Waals surface area contributed by atoms with Crippen molar-refractivity contribution in [3.05, 3.63) is 27.3 Å². The van der Waals surface area contributed by atoms with E-state index in [1.165, 1.54) is 19.2 Å². The van der Waals surface area contributed by atoms with Crippen LogP contribution in [-0.2, 0) is 4.74 Å². The number of methoxy groups -OCH3 is 1. The summed E-state index contributed by atoms with van der Waals surface area (Å²) in [7, 11) is 1.43. The maximum atomic E-state index is 10.8. The highest BCUT2D eigenvalue weighted by atomic mass is 35.5. The zero-order chi connectivity index (χ0) is 12.4. The third-order valence-corrected chi connectivity index (χ3v) is 2.55. The smallest absolute Gasteiger partial charge is 0.312 e. The Morgan fingerprint density at radius 2 is 2.29 bits per heavy atom. The first-order valence-electron chi connectivity index (χ1n) is 4.88. The number of hydrogen-bond acceptors (Lipinski definition) is 5. The number of nitro benzene ring substituents is 1. The number of hydrogen-bond donors (Lipinski definition) is 0. The van der Waals surface area contributed by atoms with E-state index >= 15 is 0 Å². The molecule has 1 aliphatic rings. The van der Waals surface area contributed by atoms with E-state index in [2.05, 4.69) is 0 Å². The molecule has 92 valence electrons. The van der Waals surface area contributed by atoms with Crippen molar-refractivity contribution in [2.45, 2.75) is 6.10 Å². The highest BCUT2D eigenvalue weighted by molar-refractivity contribution is 6.32. The normalized spacial score (nSPS) is 17.6. The molecule has 1 aliphatic heterocycles. The Labute approximate surface area is 102 Å². The van der Waals surface area contributed by atoms with Gasteiger partial charge in [-0.25, -0.2) is 0 Å². The molecule has 2 rings (SSSR count). The molecule has 0 amide bonds. The number of epoxide rings is 1. The molecule has 7 heteroatoms. The van der Waals surface area contributed by atoms with Crippen LogP contribution in [0.4, 0.5) is 5.69 Å². The monoisotopic (exact) mass is 259 g/mol. The Morgan fingerprint density at radius 3 is 2.82 bits per heavy atom. The molecule has 17 heavy (non-hydrogen) atoms. The van der Waals surface area contributed by atoms with E-state index in [0.717, 1.165) is 0 Å². The first-order valence-corrected chi connectivity index (χ1v) is 5.26. The molecule has 1 saturated heterocycles. The molecular weight excluding hydrogens is 250 g/mol. The highest BCUT2D eigenvalue weighted by Gasteiger charge is 2.26. The number of ether oxygens (including phenoxy) is 3. The minimum Gasteiger partial charge on any atom is -0.495 e. The molecule has 0 spiro atoms. The average Bonchev–Trinajstić information content (AvgIpc) is 3.10. The Balaban J connectivity index is 2.27. The molecule has 1 unspecified atom stereocenters. The fourth-order valence-corrected chi connectivity index (χ4v) is 1.52. The molecular formula is C10H10ClNO5. The molecule has 1 atom stereocenters. The molecule has 1 aromatic rings. The van der Waals surface area contributed by atoms with Crippen LogP contribution in [0.15, 0.2) is 12.1 Å². The zero-order valence-corrected chi connectivity index (χ0v) is 9.77. The number of nitro groups is 1. The molecule has 0 radical (unpaired) electrons. The van der Waals surface area contributed by atoms with E-state index in [9.17, 15) is 10.1 Å². The number of benzene rings is 1. The topological polar surface area (TPSA) is 74.1 Å². The summed E-state index contributed by atoms with van der Waals surface area (Å²) < 4.78 is 15.3. The van der Waals surface area contributed by atoms with Gasteiger partial charge in [0.15, 0.2) is 0 Å². The SMILES string of the molecule is COc1cc(OCC2CO2)c([N+](=O)[O-])cc1Cl. The molecule has 6 nitrogen and oxygen atoms in total. The number of rotatable bonds is 5. The summed E-state index contributed by atoms with van der Waals surface area (Å²) >= 11 is 5.81. The van der Waals surface area contributed by atoms with E-state index in [-0.39, 0.29) is 29.2 Å². The summed E-state index contributed by atoms with van der Waals surface area (Å²) in [6, 6.07) is 2.62. The molecule has 0 saturated carbocycles. The Hall–Kier alpha value is -1.53.